The van der Waals surface area contributed by atoms with E-state index in [9.17, 15) is 13.6 Å². The number of rotatable bonds is 5. The summed E-state index contributed by atoms with van der Waals surface area (Å²) < 4.78 is 34.2. The highest BCUT2D eigenvalue weighted by atomic mass is 35.5. The molecule has 1 aliphatic rings. The molecule has 8 heteroatoms. The van der Waals surface area contributed by atoms with Gasteiger partial charge < -0.3 is 20.1 Å². The van der Waals surface area contributed by atoms with Crippen molar-refractivity contribution in [2.75, 3.05) is 19.8 Å². The van der Waals surface area contributed by atoms with Crippen molar-refractivity contribution in [2.45, 2.75) is 19.2 Å². The van der Waals surface area contributed by atoms with E-state index in [4.69, 9.17) is 16.3 Å². The molecule has 0 radical (unpaired) electrons. The van der Waals surface area contributed by atoms with Gasteiger partial charge in [-0.2, -0.15) is 8.78 Å². The Hall–Kier alpha value is -1.44. The number of amides is 1. The molecule has 1 fully saturated rings. The van der Waals surface area contributed by atoms with Crippen molar-refractivity contribution in [2.24, 2.45) is 0 Å². The van der Waals surface area contributed by atoms with Crippen LogP contribution >= 0.6 is 11.6 Å². The summed E-state index contributed by atoms with van der Waals surface area (Å²) in [6, 6.07) is 3.82. The molecule has 1 aromatic rings. The minimum absolute atomic E-state index is 0.0115. The molecule has 1 heterocycles. The molecule has 0 bridgehead atoms. The predicted octanol–water partition coefficient (Wildman–Crippen LogP) is 1.55. The lowest BCUT2D eigenvalue weighted by Gasteiger charge is -2.23. The zero-order valence-electron chi connectivity index (χ0n) is 11.1. The lowest BCUT2D eigenvalue weighted by molar-refractivity contribution is -0.126. The van der Waals surface area contributed by atoms with Crippen molar-refractivity contribution in [3.05, 3.63) is 28.8 Å². The molecule has 1 aromatic carbocycles. The van der Waals surface area contributed by atoms with Crippen LogP contribution in [0.15, 0.2) is 18.2 Å². The zero-order valence-corrected chi connectivity index (χ0v) is 11.8. The van der Waals surface area contributed by atoms with Crippen molar-refractivity contribution >= 4 is 17.5 Å². The number of alkyl halides is 2. The Bertz CT molecular complexity index is 496. The van der Waals surface area contributed by atoms with Crippen molar-refractivity contribution in [1.29, 1.82) is 0 Å². The summed E-state index contributed by atoms with van der Waals surface area (Å²) in [6.07, 6.45) is 0. The average molecular weight is 321 g/mol. The SMILES string of the molecule is O=C(NCc1cc(Cl)ccc1OC(F)F)C1COCCN1. The van der Waals surface area contributed by atoms with Crippen LogP contribution in [0.25, 0.3) is 0 Å². The summed E-state index contributed by atoms with van der Waals surface area (Å²) in [4.78, 5) is 11.9. The summed E-state index contributed by atoms with van der Waals surface area (Å²) >= 11 is 5.83. The van der Waals surface area contributed by atoms with E-state index < -0.39 is 12.7 Å². The van der Waals surface area contributed by atoms with Gasteiger partial charge in [0.15, 0.2) is 0 Å². The summed E-state index contributed by atoms with van der Waals surface area (Å²) in [5.74, 6) is -0.278. The van der Waals surface area contributed by atoms with Crippen LogP contribution in [0.1, 0.15) is 5.56 Å². The predicted molar refractivity (Wildman–Crippen MR) is 72.5 cm³/mol. The number of hydrogen-bond donors (Lipinski definition) is 2. The molecule has 1 aliphatic heterocycles. The Morgan fingerprint density at radius 3 is 3.05 bits per heavy atom. The number of hydrogen-bond acceptors (Lipinski definition) is 4. The van der Waals surface area contributed by atoms with Crippen LogP contribution in [0.5, 0.6) is 5.75 Å². The molecule has 2 N–H and O–H groups in total. The highest BCUT2D eigenvalue weighted by Crippen LogP contribution is 2.24. The van der Waals surface area contributed by atoms with Gasteiger partial charge in [-0.05, 0) is 18.2 Å². The van der Waals surface area contributed by atoms with E-state index in [0.29, 0.717) is 23.7 Å². The molecule has 1 unspecified atom stereocenters. The van der Waals surface area contributed by atoms with Crippen LogP contribution in [0.4, 0.5) is 8.78 Å². The number of nitrogens with one attached hydrogen (secondary N) is 2. The minimum atomic E-state index is -2.94. The van der Waals surface area contributed by atoms with Crippen molar-refractivity contribution in [3.63, 3.8) is 0 Å². The van der Waals surface area contributed by atoms with Crippen LogP contribution in [0.3, 0.4) is 0 Å². The van der Waals surface area contributed by atoms with Gasteiger partial charge in [0.1, 0.15) is 11.8 Å². The van der Waals surface area contributed by atoms with Gasteiger partial charge in [0.25, 0.3) is 0 Å². The second-order valence-corrected chi connectivity index (χ2v) is 4.87. The van der Waals surface area contributed by atoms with E-state index in [2.05, 4.69) is 15.4 Å². The van der Waals surface area contributed by atoms with Gasteiger partial charge in [-0.25, -0.2) is 0 Å². The van der Waals surface area contributed by atoms with Gasteiger partial charge in [-0.1, -0.05) is 11.6 Å². The van der Waals surface area contributed by atoms with Gasteiger partial charge in [0, 0.05) is 23.7 Å². The van der Waals surface area contributed by atoms with Crippen LogP contribution < -0.4 is 15.4 Å². The van der Waals surface area contributed by atoms with Crippen molar-refractivity contribution in [1.82, 2.24) is 10.6 Å². The third-order valence-corrected chi connectivity index (χ3v) is 3.16. The summed E-state index contributed by atoms with van der Waals surface area (Å²) in [5, 5.41) is 6.02. The number of benzene rings is 1. The zero-order chi connectivity index (χ0) is 15.2. The van der Waals surface area contributed by atoms with E-state index in [1.54, 1.807) is 0 Å². The maximum Gasteiger partial charge on any atom is 0.387 e. The highest BCUT2D eigenvalue weighted by molar-refractivity contribution is 6.30. The molecule has 0 aromatic heterocycles. The molecule has 0 spiro atoms. The first kappa shape index (κ1) is 15.9. The Labute approximate surface area is 125 Å². The third kappa shape index (κ3) is 4.80. The van der Waals surface area contributed by atoms with Crippen LogP contribution in [0.2, 0.25) is 5.02 Å². The molecule has 21 heavy (non-hydrogen) atoms. The van der Waals surface area contributed by atoms with Crippen molar-refractivity contribution in [3.8, 4) is 5.75 Å². The van der Waals surface area contributed by atoms with Gasteiger partial charge in [0.05, 0.1) is 13.2 Å². The molecule has 1 atom stereocenters. The van der Waals surface area contributed by atoms with Crippen LogP contribution in [-0.4, -0.2) is 38.3 Å². The molecular weight excluding hydrogens is 306 g/mol. The Balaban J connectivity index is 1.97. The molecule has 0 saturated carbocycles. The number of carbonyl (C=O) groups is 1. The molecule has 1 amide bonds. The topological polar surface area (TPSA) is 59.6 Å². The van der Waals surface area contributed by atoms with Gasteiger partial charge in [0.2, 0.25) is 5.91 Å². The Morgan fingerprint density at radius 1 is 1.57 bits per heavy atom. The number of morpholine rings is 1. The van der Waals surface area contributed by atoms with E-state index >= 15 is 0 Å². The maximum atomic E-state index is 12.3. The first-order chi connectivity index (χ1) is 10.1. The minimum Gasteiger partial charge on any atom is -0.434 e. The van der Waals surface area contributed by atoms with Crippen LogP contribution in [-0.2, 0) is 16.1 Å². The first-order valence-electron chi connectivity index (χ1n) is 6.38. The largest absolute Gasteiger partial charge is 0.434 e. The van der Waals surface area contributed by atoms with E-state index in [1.165, 1.54) is 18.2 Å². The summed E-state index contributed by atoms with van der Waals surface area (Å²) in [7, 11) is 0. The third-order valence-electron chi connectivity index (χ3n) is 2.93. The fourth-order valence-corrected chi connectivity index (χ4v) is 2.13. The highest BCUT2D eigenvalue weighted by Gasteiger charge is 2.21. The maximum absolute atomic E-state index is 12.3. The van der Waals surface area contributed by atoms with Crippen LogP contribution in [0, 0.1) is 0 Å². The summed E-state index contributed by atoms with van der Waals surface area (Å²) in [5.41, 5.74) is 0.382. The molecule has 0 aliphatic carbocycles. The van der Waals surface area contributed by atoms with E-state index in [1.807, 2.05) is 0 Å². The van der Waals surface area contributed by atoms with Gasteiger partial charge >= 0.3 is 6.61 Å². The van der Waals surface area contributed by atoms with Crippen molar-refractivity contribution < 1.29 is 23.0 Å². The fraction of sp³-hybridized carbons (Fsp3) is 0.462. The number of halogens is 3. The molecule has 5 nitrogen and oxygen atoms in total. The smallest absolute Gasteiger partial charge is 0.387 e. The van der Waals surface area contributed by atoms with E-state index in [-0.39, 0.29) is 24.8 Å². The fourth-order valence-electron chi connectivity index (χ4n) is 1.94. The Kier molecular flexibility index (Phi) is 5.72. The quantitative estimate of drug-likeness (QED) is 0.864. The lowest BCUT2D eigenvalue weighted by Crippen LogP contribution is -2.51. The summed E-state index contributed by atoms with van der Waals surface area (Å²) in [6.45, 7) is -1.46. The second-order valence-electron chi connectivity index (χ2n) is 4.43. The number of ether oxygens (including phenoxy) is 2. The first-order valence-corrected chi connectivity index (χ1v) is 6.76. The van der Waals surface area contributed by atoms with Gasteiger partial charge in [-0.3, -0.25) is 4.79 Å². The normalized spacial score (nSPS) is 18.6. The molecule has 2 rings (SSSR count). The monoisotopic (exact) mass is 320 g/mol. The second kappa shape index (κ2) is 7.53. The molecule has 1 saturated heterocycles. The van der Waals surface area contributed by atoms with E-state index in [0.717, 1.165) is 0 Å². The number of carbonyl (C=O) groups excluding carboxylic acids is 1. The average Bonchev–Trinajstić information content (AvgIpc) is 2.47. The Morgan fingerprint density at radius 2 is 2.38 bits per heavy atom. The molecular formula is C13H15ClF2N2O3. The van der Waals surface area contributed by atoms with Gasteiger partial charge in [-0.15, -0.1) is 0 Å². The lowest BCUT2D eigenvalue weighted by atomic mass is 10.2. The molecule has 116 valence electrons. The standard InChI is InChI=1S/C13H15ClF2N2O3/c14-9-1-2-11(21-13(15)16)8(5-9)6-18-12(19)10-7-20-4-3-17-10/h1-2,5,10,13,17H,3-4,6-7H2,(H,18,19).